The summed E-state index contributed by atoms with van der Waals surface area (Å²) < 4.78 is 17.2. The van der Waals surface area contributed by atoms with Crippen LogP contribution in [0.5, 0.6) is 23.0 Å². The molecule has 4 aromatic carbocycles. The Morgan fingerprint density at radius 1 is 0.718 bits per heavy atom. The van der Waals surface area contributed by atoms with E-state index >= 15 is 0 Å². The van der Waals surface area contributed by atoms with Gasteiger partial charge in [0.15, 0.2) is 6.61 Å². The summed E-state index contributed by atoms with van der Waals surface area (Å²) in [6.07, 6.45) is 0.844. The zero-order valence-electron chi connectivity index (χ0n) is 21.7. The number of carboxylic acid groups (broad SMARTS) is 1. The number of carboxylic acids is 1. The molecular weight excluding hydrogens is 494 g/mol. The molecule has 4 aromatic rings. The minimum absolute atomic E-state index is 0.118. The summed E-state index contributed by atoms with van der Waals surface area (Å²) in [6.45, 7) is 1.91. The number of aliphatic carboxylic acids is 1. The summed E-state index contributed by atoms with van der Waals surface area (Å²) in [4.78, 5) is 24.2. The molecule has 200 valence electrons. The first-order chi connectivity index (χ1) is 18.9. The van der Waals surface area contributed by atoms with Gasteiger partial charge in [0.1, 0.15) is 23.0 Å². The number of ether oxygens (including phenoxy) is 3. The Kier molecular flexibility index (Phi) is 9.19. The van der Waals surface area contributed by atoms with E-state index in [9.17, 15) is 14.7 Å². The highest BCUT2D eigenvalue weighted by Gasteiger charge is 2.36. The van der Waals surface area contributed by atoms with Gasteiger partial charge in [0.25, 0.3) is 5.91 Å². The fraction of sp³-hybridized carbons (Fsp3) is 0.188. The van der Waals surface area contributed by atoms with Crippen molar-refractivity contribution in [3.05, 3.63) is 120 Å². The van der Waals surface area contributed by atoms with E-state index < -0.39 is 11.6 Å². The fourth-order valence-corrected chi connectivity index (χ4v) is 3.89. The second-order valence-electron chi connectivity index (χ2n) is 9.22. The molecule has 7 heteroatoms. The number of carbonyl (C=O) groups is 2. The maximum absolute atomic E-state index is 12.2. The molecule has 4 rings (SSSR count). The largest absolute Gasteiger partial charge is 0.484 e. The highest BCUT2D eigenvalue weighted by atomic mass is 16.5. The monoisotopic (exact) mass is 525 g/mol. The van der Waals surface area contributed by atoms with Gasteiger partial charge >= 0.3 is 5.97 Å². The van der Waals surface area contributed by atoms with Crippen molar-refractivity contribution >= 4 is 11.9 Å². The minimum Gasteiger partial charge on any atom is -0.484 e. The number of rotatable bonds is 13. The highest BCUT2D eigenvalue weighted by molar-refractivity contribution is 5.78. The van der Waals surface area contributed by atoms with Crippen LogP contribution in [0, 0.1) is 0 Å². The van der Waals surface area contributed by atoms with E-state index in [1.54, 1.807) is 55.5 Å². The van der Waals surface area contributed by atoms with Crippen molar-refractivity contribution in [1.29, 1.82) is 0 Å². The van der Waals surface area contributed by atoms with Gasteiger partial charge in [-0.25, -0.2) is 4.79 Å². The van der Waals surface area contributed by atoms with Crippen molar-refractivity contribution in [2.24, 2.45) is 0 Å². The highest BCUT2D eigenvalue weighted by Crippen LogP contribution is 2.24. The average molecular weight is 526 g/mol. The number of carbonyl (C=O) groups excluding carboxylic acids is 1. The lowest BCUT2D eigenvalue weighted by atomic mass is 9.96. The van der Waals surface area contributed by atoms with Crippen LogP contribution >= 0.6 is 0 Å². The fourth-order valence-electron chi connectivity index (χ4n) is 3.89. The van der Waals surface area contributed by atoms with Gasteiger partial charge in [-0.3, -0.25) is 4.79 Å². The van der Waals surface area contributed by atoms with Gasteiger partial charge in [0.2, 0.25) is 5.60 Å². The van der Waals surface area contributed by atoms with Crippen molar-refractivity contribution in [2.75, 3.05) is 13.2 Å². The van der Waals surface area contributed by atoms with Crippen molar-refractivity contribution < 1.29 is 28.9 Å². The van der Waals surface area contributed by atoms with Gasteiger partial charge in [-0.15, -0.1) is 0 Å². The molecule has 0 saturated carbocycles. The molecule has 0 bridgehead atoms. The normalized spacial score (nSPS) is 12.1. The van der Waals surface area contributed by atoms with E-state index in [4.69, 9.17) is 14.2 Å². The van der Waals surface area contributed by atoms with Gasteiger partial charge in [-0.05, 0) is 73.0 Å². The lowest BCUT2D eigenvalue weighted by Crippen LogP contribution is -2.43. The summed E-state index contributed by atoms with van der Waals surface area (Å²) in [5, 5.41) is 12.6. The third kappa shape index (κ3) is 8.36. The van der Waals surface area contributed by atoms with Gasteiger partial charge in [0, 0.05) is 13.0 Å². The molecule has 0 spiro atoms. The zero-order valence-corrected chi connectivity index (χ0v) is 21.7. The standard InChI is InChI=1S/C32H31NO6/c1-32(31(35)36,39-29-10-6-3-7-11-29)22-25-14-16-26(17-15-25)37-23-30(34)33-21-20-24-12-18-28(19-13-24)38-27-8-4-2-5-9-27/h2-19H,20-23H2,1H3,(H,33,34)(H,35,36). The first kappa shape index (κ1) is 27.3. The summed E-state index contributed by atoms with van der Waals surface area (Å²) in [5.41, 5.74) is 0.420. The maximum atomic E-state index is 12.2. The van der Waals surface area contributed by atoms with Crippen molar-refractivity contribution in [1.82, 2.24) is 5.32 Å². The number of benzene rings is 4. The van der Waals surface area contributed by atoms with Crippen LogP contribution in [-0.4, -0.2) is 35.7 Å². The Hall–Kier alpha value is -4.78. The van der Waals surface area contributed by atoms with Gasteiger partial charge in [-0.1, -0.05) is 60.7 Å². The second kappa shape index (κ2) is 13.1. The molecule has 0 saturated heterocycles. The average Bonchev–Trinajstić information content (AvgIpc) is 2.95. The van der Waals surface area contributed by atoms with Crippen LogP contribution in [0.2, 0.25) is 0 Å². The van der Waals surface area contributed by atoms with Crippen molar-refractivity contribution in [3.8, 4) is 23.0 Å². The molecular formula is C32H31NO6. The van der Waals surface area contributed by atoms with E-state index in [-0.39, 0.29) is 18.9 Å². The van der Waals surface area contributed by atoms with Crippen molar-refractivity contribution in [2.45, 2.75) is 25.4 Å². The van der Waals surface area contributed by atoms with Crippen molar-refractivity contribution in [3.63, 3.8) is 0 Å². The number of nitrogens with one attached hydrogen (secondary N) is 1. The van der Waals surface area contributed by atoms with Crippen LogP contribution in [0.3, 0.4) is 0 Å². The molecule has 0 fully saturated rings. The molecule has 0 aliphatic rings. The van der Waals surface area contributed by atoms with E-state index in [0.717, 1.165) is 22.6 Å². The van der Waals surface area contributed by atoms with Gasteiger partial charge in [-0.2, -0.15) is 0 Å². The maximum Gasteiger partial charge on any atom is 0.348 e. The molecule has 1 unspecified atom stereocenters. The molecule has 0 aromatic heterocycles. The van der Waals surface area contributed by atoms with E-state index in [0.29, 0.717) is 24.5 Å². The molecule has 2 N–H and O–H groups in total. The molecule has 0 heterocycles. The van der Waals surface area contributed by atoms with E-state index in [2.05, 4.69) is 5.32 Å². The third-order valence-corrected chi connectivity index (χ3v) is 6.01. The first-order valence-corrected chi connectivity index (χ1v) is 12.7. The predicted octanol–water partition coefficient (Wildman–Crippen LogP) is 5.68. The lowest BCUT2D eigenvalue weighted by Gasteiger charge is -2.26. The Balaban J connectivity index is 1.19. The predicted molar refractivity (Wildman–Crippen MR) is 148 cm³/mol. The number of para-hydroxylation sites is 2. The molecule has 0 aliphatic carbocycles. The molecule has 7 nitrogen and oxygen atoms in total. The van der Waals surface area contributed by atoms with Crippen LogP contribution in [0.25, 0.3) is 0 Å². The van der Waals surface area contributed by atoms with Crippen LogP contribution in [0.1, 0.15) is 18.1 Å². The topological polar surface area (TPSA) is 94.1 Å². The van der Waals surface area contributed by atoms with Gasteiger partial charge < -0.3 is 24.6 Å². The third-order valence-electron chi connectivity index (χ3n) is 6.01. The molecule has 0 aliphatic heterocycles. The second-order valence-corrected chi connectivity index (χ2v) is 9.22. The lowest BCUT2D eigenvalue weighted by molar-refractivity contribution is -0.153. The number of hydrogen-bond donors (Lipinski definition) is 2. The minimum atomic E-state index is -1.43. The van der Waals surface area contributed by atoms with Crippen LogP contribution in [-0.2, 0) is 22.4 Å². The Bertz CT molecular complexity index is 1340. The summed E-state index contributed by atoms with van der Waals surface area (Å²) in [6, 6.07) is 33.2. The number of hydrogen-bond acceptors (Lipinski definition) is 5. The van der Waals surface area contributed by atoms with Crippen LogP contribution in [0.4, 0.5) is 0 Å². The van der Waals surface area contributed by atoms with E-state index in [1.807, 2.05) is 60.7 Å². The molecule has 1 atom stereocenters. The smallest absolute Gasteiger partial charge is 0.348 e. The SMILES string of the molecule is CC(Cc1ccc(OCC(=O)NCCc2ccc(Oc3ccccc3)cc2)cc1)(Oc1ccccc1)C(=O)O. The molecule has 1 amide bonds. The Labute approximate surface area is 228 Å². The zero-order chi connectivity index (χ0) is 27.5. The van der Waals surface area contributed by atoms with Crippen LogP contribution in [0.15, 0.2) is 109 Å². The summed E-state index contributed by atoms with van der Waals surface area (Å²) in [7, 11) is 0. The first-order valence-electron chi connectivity index (χ1n) is 12.7. The molecule has 0 radical (unpaired) electrons. The summed E-state index contributed by atoms with van der Waals surface area (Å²) in [5.74, 6) is 1.26. The quantitative estimate of drug-likeness (QED) is 0.233. The van der Waals surface area contributed by atoms with E-state index in [1.165, 1.54) is 0 Å². The Morgan fingerprint density at radius 2 is 1.26 bits per heavy atom. The molecule has 39 heavy (non-hydrogen) atoms. The number of amides is 1. The van der Waals surface area contributed by atoms with Crippen LogP contribution < -0.4 is 19.5 Å². The summed E-state index contributed by atoms with van der Waals surface area (Å²) >= 11 is 0. The Morgan fingerprint density at radius 3 is 1.87 bits per heavy atom. The van der Waals surface area contributed by atoms with Gasteiger partial charge in [0.05, 0.1) is 0 Å².